The molecule has 2 aromatic carbocycles. The minimum atomic E-state index is -0.231. The molecule has 0 atom stereocenters. The van der Waals surface area contributed by atoms with Gasteiger partial charge in [-0.05, 0) is 42.3 Å². The molecule has 4 rings (SSSR count). The van der Waals surface area contributed by atoms with E-state index in [1.165, 1.54) is 6.07 Å². The first-order chi connectivity index (χ1) is 14.8. The number of hydrogen-bond acceptors (Lipinski definition) is 4. The Labute approximate surface area is 174 Å². The van der Waals surface area contributed by atoms with Gasteiger partial charge in [-0.15, -0.1) is 0 Å². The number of hydrogen-bond donors (Lipinski definition) is 3. The standard InChI is InChI=1S/C22H24FN5O2/c23-17-4-1-3-16(13-17)7-9-24-22(25-15-19-8-10-26-28-19)27-18-5-6-20-21(14-18)30-12-2-11-29-20/h1,3-6,8,10,13-14H,2,7,9,11-12,15H2,(H,26,28)(H2,24,25,27). The van der Waals surface area contributed by atoms with Gasteiger partial charge in [0, 0.05) is 30.9 Å². The van der Waals surface area contributed by atoms with Gasteiger partial charge in [0.25, 0.3) is 0 Å². The van der Waals surface area contributed by atoms with Gasteiger partial charge in [0.05, 0.1) is 25.5 Å². The Morgan fingerprint density at radius 1 is 1.10 bits per heavy atom. The molecular formula is C22H24FN5O2. The molecule has 0 aliphatic carbocycles. The van der Waals surface area contributed by atoms with Crippen LogP contribution >= 0.6 is 0 Å². The van der Waals surface area contributed by atoms with Gasteiger partial charge in [0.1, 0.15) is 5.82 Å². The largest absolute Gasteiger partial charge is 0.490 e. The summed E-state index contributed by atoms with van der Waals surface area (Å²) in [6, 6.07) is 14.2. The van der Waals surface area contributed by atoms with Crippen molar-refractivity contribution in [2.24, 2.45) is 4.99 Å². The van der Waals surface area contributed by atoms with Crippen molar-refractivity contribution in [1.82, 2.24) is 15.5 Å². The number of nitrogens with one attached hydrogen (secondary N) is 3. The molecule has 7 nitrogen and oxygen atoms in total. The van der Waals surface area contributed by atoms with E-state index < -0.39 is 0 Å². The van der Waals surface area contributed by atoms with Crippen molar-refractivity contribution in [2.45, 2.75) is 19.4 Å². The number of H-pyrrole nitrogens is 1. The van der Waals surface area contributed by atoms with Crippen LogP contribution in [0.1, 0.15) is 17.7 Å². The molecule has 1 aromatic heterocycles. The fourth-order valence-electron chi connectivity index (χ4n) is 3.07. The summed E-state index contributed by atoms with van der Waals surface area (Å²) in [7, 11) is 0. The molecule has 3 aromatic rings. The van der Waals surface area contributed by atoms with Crippen molar-refractivity contribution in [2.75, 3.05) is 25.1 Å². The normalized spacial score (nSPS) is 13.6. The van der Waals surface area contributed by atoms with Crippen LogP contribution in [0.5, 0.6) is 11.5 Å². The average Bonchev–Trinajstić information content (AvgIpc) is 3.16. The van der Waals surface area contributed by atoms with Crippen molar-refractivity contribution in [3.63, 3.8) is 0 Å². The molecule has 1 aliphatic rings. The second kappa shape index (κ2) is 9.78. The van der Waals surface area contributed by atoms with Crippen LogP contribution in [0.25, 0.3) is 0 Å². The number of benzene rings is 2. The van der Waals surface area contributed by atoms with Crippen LogP contribution in [0.15, 0.2) is 59.7 Å². The highest BCUT2D eigenvalue weighted by Crippen LogP contribution is 2.32. The molecule has 0 fully saturated rings. The molecule has 156 valence electrons. The summed E-state index contributed by atoms with van der Waals surface area (Å²) in [5, 5.41) is 13.5. The van der Waals surface area contributed by atoms with Crippen LogP contribution in [0.2, 0.25) is 0 Å². The van der Waals surface area contributed by atoms with E-state index in [4.69, 9.17) is 9.47 Å². The number of aliphatic imine (C=N–C) groups is 1. The molecule has 0 bridgehead atoms. The van der Waals surface area contributed by atoms with Gasteiger partial charge in [-0.2, -0.15) is 5.10 Å². The number of guanidine groups is 1. The monoisotopic (exact) mass is 409 g/mol. The lowest BCUT2D eigenvalue weighted by molar-refractivity contribution is 0.297. The van der Waals surface area contributed by atoms with E-state index in [1.807, 2.05) is 30.3 Å². The zero-order valence-corrected chi connectivity index (χ0v) is 16.5. The molecule has 1 aliphatic heterocycles. The lowest BCUT2D eigenvalue weighted by Crippen LogP contribution is -2.32. The number of aromatic nitrogens is 2. The van der Waals surface area contributed by atoms with E-state index in [9.17, 15) is 4.39 Å². The Balaban J connectivity index is 1.44. The van der Waals surface area contributed by atoms with E-state index in [1.54, 1.807) is 18.3 Å². The Kier molecular flexibility index (Phi) is 6.44. The molecule has 8 heteroatoms. The molecule has 0 spiro atoms. The third-order valence-electron chi connectivity index (χ3n) is 4.57. The molecule has 2 heterocycles. The summed E-state index contributed by atoms with van der Waals surface area (Å²) in [5.41, 5.74) is 2.66. The van der Waals surface area contributed by atoms with E-state index in [0.29, 0.717) is 44.4 Å². The molecule has 30 heavy (non-hydrogen) atoms. The minimum absolute atomic E-state index is 0.231. The molecule has 0 radical (unpaired) electrons. The Morgan fingerprint density at radius 2 is 2.00 bits per heavy atom. The first kappa shape index (κ1) is 19.8. The van der Waals surface area contributed by atoms with Crippen molar-refractivity contribution in [3.05, 3.63) is 71.8 Å². The van der Waals surface area contributed by atoms with E-state index in [2.05, 4.69) is 25.8 Å². The summed E-state index contributed by atoms with van der Waals surface area (Å²) in [6.07, 6.45) is 3.22. The van der Waals surface area contributed by atoms with Gasteiger partial charge in [0.15, 0.2) is 17.5 Å². The lowest BCUT2D eigenvalue weighted by Gasteiger charge is -2.14. The van der Waals surface area contributed by atoms with E-state index in [0.717, 1.165) is 29.1 Å². The minimum Gasteiger partial charge on any atom is -0.490 e. The molecule has 0 amide bonds. The zero-order chi connectivity index (χ0) is 20.6. The van der Waals surface area contributed by atoms with Crippen molar-refractivity contribution < 1.29 is 13.9 Å². The Morgan fingerprint density at radius 3 is 2.83 bits per heavy atom. The zero-order valence-electron chi connectivity index (χ0n) is 16.5. The van der Waals surface area contributed by atoms with Crippen LogP contribution < -0.4 is 20.1 Å². The van der Waals surface area contributed by atoms with Crippen LogP contribution in [-0.4, -0.2) is 35.9 Å². The molecular weight excluding hydrogens is 385 g/mol. The Bertz CT molecular complexity index is 991. The van der Waals surface area contributed by atoms with Crippen molar-refractivity contribution >= 4 is 11.6 Å². The number of ether oxygens (including phenoxy) is 2. The number of halogens is 1. The van der Waals surface area contributed by atoms with Crippen LogP contribution in [-0.2, 0) is 13.0 Å². The first-order valence-corrected chi connectivity index (χ1v) is 9.94. The molecule has 0 saturated heterocycles. The summed E-state index contributed by atoms with van der Waals surface area (Å²) in [6.45, 7) is 2.32. The second-order valence-electron chi connectivity index (χ2n) is 6.89. The summed E-state index contributed by atoms with van der Waals surface area (Å²) < 4.78 is 24.9. The van der Waals surface area contributed by atoms with Crippen molar-refractivity contribution in [3.8, 4) is 11.5 Å². The fraction of sp³-hybridized carbons (Fsp3) is 0.273. The smallest absolute Gasteiger partial charge is 0.196 e. The molecule has 0 unspecified atom stereocenters. The topological polar surface area (TPSA) is 83.6 Å². The van der Waals surface area contributed by atoms with Crippen LogP contribution in [0.4, 0.5) is 10.1 Å². The highest BCUT2D eigenvalue weighted by Gasteiger charge is 2.11. The third-order valence-corrected chi connectivity index (χ3v) is 4.57. The number of rotatable bonds is 6. The highest BCUT2D eigenvalue weighted by molar-refractivity contribution is 5.94. The average molecular weight is 409 g/mol. The van der Waals surface area contributed by atoms with E-state index in [-0.39, 0.29) is 5.82 Å². The summed E-state index contributed by atoms with van der Waals surface area (Å²) >= 11 is 0. The number of anilines is 1. The van der Waals surface area contributed by atoms with Gasteiger partial charge < -0.3 is 20.1 Å². The predicted molar refractivity (Wildman–Crippen MR) is 114 cm³/mol. The quantitative estimate of drug-likeness (QED) is 0.429. The lowest BCUT2D eigenvalue weighted by atomic mass is 10.1. The first-order valence-electron chi connectivity index (χ1n) is 9.94. The molecule has 3 N–H and O–H groups in total. The van der Waals surface area contributed by atoms with Gasteiger partial charge in [-0.3, -0.25) is 5.10 Å². The van der Waals surface area contributed by atoms with Crippen LogP contribution in [0.3, 0.4) is 0 Å². The predicted octanol–water partition coefficient (Wildman–Crippen LogP) is 3.51. The third kappa shape index (κ3) is 5.50. The number of aromatic amines is 1. The van der Waals surface area contributed by atoms with E-state index >= 15 is 0 Å². The SMILES string of the molecule is Fc1cccc(CCNC(=NCc2ccn[nH]2)Nc2ccc3c(c2)OCCCO3)c1. The maximum Gasteiger partial charge on any atom is 0.196 e. The second-order valence-corrected chi connectivity index (χ2v) is 6.89. The maximum atomic E-state index is 13.4. The van der Waals surface area contributed by atoms with Gasteiger partial charge >= 0.3 is 0 Å². The van der Waals surface area contributed by atoms with Gasteiger partial charge in [-0.1, -0.05) is 12.1 Å². The number of fused-ring (bicyclic) bond motifs is 1. The summed E-state index contributed by atoms with van der Waals surface area (Å²) in [5.74, 6) is 1.83. The van der Waals surface area contributed by atoms with Gasteiger partial charge in [-0.25, -0.2) is 9.38 Å². The fourth-order valence-corrected chi connectivity index (χ4v) is 3.07. The van der Waals surface area contributed by atoms with Gasteiger partial charge in [0.2, 0.25) is 0 Å². The number of nitrogens with zero attached hydrogens (tertiary/aromatic N) is 2. The van der Waals surface area contributed by atoms with Crippen molar-refractivity contribution in [1.29, 1.82) is 0 Å². The summed E-state index contributed by atoms with van der Waals surface area (Å²) in [4.78, 5) is 4.62. The maximum absolute atomic E-state index is 13.4. The highest BCUT2D eigenvalue weighted by atomic mass is 19.1. The Hall–Kier alpha value is -3.55. The molecule has 0 saturated carbocycles. The van der Waals surface area contributed by atoms with Crippen LogP contribution in [0, 0.1) is 5.82 Å².